The van der Waals surface area contributed by atoms with E-state index in [9.17, 15) is 19.7 Å². The molecule has 0 fully saturated rings. The van der Waals surface area contributed by atoms with Crippen LogP contribution < -0.4 is 5.32 Å². The molecule has 1 heterocycles. The first-order valence-corrected chi connectivity index (χ1v) is 6.48. The van der Waals surface area contributed by atoms with Gasteiger partial charge in [-0.2, -0.15) is 0 Å². The normalized spacial score (nSPS) is 10.1. The molecule has 0 atom stereocenters. The Morgan fingerprint density at radius 2 is 1.86 bits per heavy atom. The Hall–Kier alpha value is -2.80. The Bertz CT molecular complexity index is 759. The van der Waals surface area contributed by atoms with Crippen molar-refractivity contribution in [1.29, 1.82) is 0 Å². The van der Waals surface area contributed by atoms with Gasteiger partial charge in [0.1, 0.15) is 6.20 Å². The van der Waals surface area contributed by atoms with Crippen LogP contribution in [0.3, 0.4) is 0 Å². The van der Waals surface area contributed by atoms with Gasteiger partial charge in [-0.15, -0.1) is 0 Å². The van der Waals surface area contributed by atoms with Gasteiger partial charge in [0.05, 0.1) is 16.2 Å². The predicted octanol–water partition coefficient (Wildman–Crippen LogP) is 2.52. The fourth-order valence-electron chi connectivity index (χ4n) is 1.70. The Kier molecular flexibility index (Phi) is 4.47. The maximum Gasteiger partial charge on any atom is 0.288 e. The molecule has 2 rings (SSSR count). The molecule has 1 aromatic carbocycles. The zero-order chi connectivity index (χ0) is 16.3. The summed E-state index contributed by atoms with van der Waals surface area (Å²) < 4.78 is 0. The van der Waals surface area contributed by atoms with Gasteiger partial charge in [-0.3, -0.25) is 30.0 Å². The van der Waals surface area contributed by atoms with Crippen molar-refractivity contribution in [3.8, 4) is 0 Å². The number of benzene rings is 1. The Morgan fingerprint density at radius 1 is 1.23 bits per heavy atom. The van der Waals surface area contributed by atoms with Crippen molar-refractivity contribution in [2.45, 2.75) is 6.92 Å². The summed E-state index contributed by atoms with van der Waals surface area (Å²) in [7, 11) is 0. The van der Waals surface area contributed by atoms with Crippen molar-refractivity contribution in [3.05, 3.63) is 68.5 Å². The van der Waals surface area contributed by atoms with Crippen LogP contribution in [0.2, 0.25) is 5.02 Å². The first kappa shape index (κ1) is 15.6. The van der Waals surface area contributed by atoms with Gasteiger partial charge in [-0.1, -0.05) is 11.6 Å². The van der Waals surface area contributed by atoms with E-state index in [2.05, 4.69) is 10.3 Å². The number of amides is 2. The molecular formula is C14H10ClN3O4. The van der Waals surface area contributed by atoms with Crippen LogP contribution in [0.5, 0.6) is 0 Å². The number of carbonyl (C=O) groups is 2. The average Bonchev–Trinajstić information content (AvgIpc) is 2.47. The van der Waals surface area contributed by atoms with Crippen LogP contribution in [0, 0.1) is 17.0 Å². The lowest BCUT2D eigenvalue weighted by atomic mass is 10.1. The van der Waals surface area contributed by atoms with Crippen LogP contribution in [0.15, 0.2) is 36.5 Å². The summed E-state index contributed by atoms with van der Waals surface area (Å²) in [5.41, 5.74) is 0.173. The van der Waals surface area contributed by atoms with Crippen molar-refractivity contribution in [2.75, 3.05) is 0 Å². The topological polar surface area (TPSA) is 102 Å². The summed E-state index contributed by atoms with van der Waals surface area (Å²) in [6.45, 7) is 1.52. The minimum absolute atomic E-state index is 0.0310. The Labute approximate surface area is 130 Å². The van der Waals surface area contributed by atoms with E-state index in [4.69, 9.17) is 11.6 Å². The van der Waals surface area contributed by atoms with Crippen molar-refractivity contribution < 1.29 is 14.5 Å². The smallest absolute Gasteiger partial charge is 0.288 e. The van der Waals surface area contributed by atoms with E-state index in [0.29, 0.717) is 5.02 Å². The number of nitrogens with one attached hydrogen (secondary N) is 1. The second-order valence-electron chi connectivity index (χ2n) is 4.37. The fraction of sp³-hybridized carbons (Fsp3) is 0.0714. The molecule has 1 aromatic heterocycles. The minimum atomic E-state index is -0.756. The predicted molar refractivity (Wildman–Crippen MR) is 78.9 cm³/mol. The molecule has 22 heavy (non-hydrogen) atoms. The number of aryl methyl sites for hydroxylation is 1. The Morgan fingerprint density at radius 3 is 2.45 bits per heavy atom. The van der Waals surface area contributed by atoms with E-state index in [0.717, 1.165) is 12.3 Å². The van der Waals surface area contributed by atoms with Gasteiger partial charge in [0, 0.05) is 16.7 Å². The average molecular weight is 320 g/mol. The SMILES string of the molecule is Cc1ncc([N+](=O)[O-])cc1C(=O)NC(=O)c1ccc(Cl)cc1. The second kappa shape index (κ2) is 6.31. The third kappa shape index (κ3) is 3.44. The van der Waals surface area contributed by atoms with Crippen LogP contribution in [-0.4, -0.2) is 21.7 Å². The summed E-state index contributed by atoms with van der Waals surface area (Å²) >= 11 is 5.72. The van der Waals surface area contributed by atoms with Gasteiger partial charge in [0.2, 0.25) is 0 Å². The highest BCUT2D eigenvalue weighted by molar-refractivity contribution is 6.30. The second-order valence-corrected chi connectivity index (χ2v) is 4.81. The van der Waals surface area contributed by atoms with Gasteiger partial charge >= 0.3 is 0 Å². The summed E-state index contributed by atoms with van der Waals surface area (Å²) in [4.78, 5) is 37.8. The van der Waals surface area contributed by atoms with Crippen LogP contribution in [-0.2, 0) is 0 Å². The molecule has 0 spiro atoms. The van der Waals surface area contributed by atoms with Gasteiger partial charge in [0.25, 0.3) is 17.5 Å². The standard InChI is InChI=1S/C14H10ClN3O4/c1-8-12(6-11(7-16-8)18(21)22)14(20)17-13(19)9-2-4-10(15)5-3-9/h2-7H,1H3,(H,17,19,20). The number of aromatic nitrogens is 1. The largest absolute Gasteiger partial charge is 0.288 e. The molecule has 0 unspecified atom stereocenters. The molecule has 0 saturated heterocycles. The molecule has 1 N–H and O–H groups in total. The molecule has 0 bridgehead atoms. The summed E-state index contributed by atoms with van der Waals surface area (Å²) in [6.07, 6.45) is 1.05. The molecule has 7 nitrogen and oxygen atoms in total. The monoisotopic (exact) mass is 319 g/mol. The lowest BCUT2D eigenvalue weighted by Gasteiger charge is -2.06. The van der Waals surface area contributed by atoms with Crippen molar-refractivity contribution >= 4 is 29.1 Å². The molecule has 112 valence electrons. The van der Waals surface area contributed by atoms with E-state index in [1.54, 1.807) is 0 Å². The van der Waals surface area contributed by atoms with E-state index in [-0.39, 0.29) is 22.5 Å². The number of hydrogen-bond acceptors (Lipinski definition) is 5. The highest BCUT2D eigenvalue weighted by atomic mass is 35.5. The number of imide groups is 1. The number of hydrogen-bond donors (Lipinski definition) is 1. The molecule has 0 aliphatic heterocycles. The number of nitro groups is 1. The fourth-order valence-corrected chi connectivity index (χ4v) is 1.82. The van der Waals surface area contributed by atoms with Crippen LogP contribution >= 0.6 is 11.6 Å². The Balaban J connectivity index is 2.22. The van der Waals surface area contributed by atoms with Gasteiger partial charge in [-0.05, 0) is 31.2 Å². The minimum Gasteiger partial charge on any atom is -0.288 e. The highest BCUT2D eigenvalue weighted by Gasteiger charge is 2.18. The zero-order valence-electron chi connectivity index (χ0n) is 11.4. The van der Waals surface area contributed by atoms with Crippen molar-refractivity contribution in [1.82, 2.24) is 10.3 Å². The van der Waals surface area contributed by atoms with E-state index in [1.165, 1.54) is 31.2 Å². The number of nitrogens with zero attached hydrogens (tertiary/aromatic N) is 2. The lowest BCUT2D eigenvalue weighted by molar-refractivity contribution is -0.385. The molecule has 0 aliphatic rings. The molecule has 0 aliphatic carbocycles. The number of carbonyl (C=O) groups excluding carboxylic acids is 2. The van der Waals surface area contributed by atoms with Crippen LogP contribution in [0.25, 0.3) is 0 Å². The molecule has 8 heteroatoms. The molecule has 0 radical (unpaired) electrons. The first-order valence-electron chi connectivity index (χ1n) is 6.11. The van der Waals surface area contributed by atoms with Crippen molar-refractivity contribution in [2.24, 2.45) is 0 Å². The van der Waals surface area contributed by atoms with Gasteiger partial charge in [0.15, 0.2) is 0 Å². The third-order valence-corrected chi connectivity index (χ3v) is 3.11. The summed E-state index contributed by atoms with van der Waals surface area (Å²) in [5, 5.41) is 13.3. The maximum atomic E-state index is 12.1. The van der Waals surface area contributed by atoms with E-state index in [1.807, 2.05) is 0 Å². The first-order chi connectivity index (χ1) is 10.4. The van der Waals surface area contributed by atoms with E-state index >= 15 is 0 Å². The highest BCUT2D eigenvalue weighted by Crippen LogP contribution is 2.15. The number of rotatable bonds is 3. The lowest BCUT2D eigenvalue weighted by Crippen LogP contribution is -2.31. The zero-order valence-corrected chi connectivity index (χ0v) is 12.1. The van der Waals surface area contributed by atoms with Crippen LogP contribution in [0.4, 0.5) is 5.69 Å². The van der Waals surface area contributed by atoms with Crippen molar-refractivity contribution in [3.63, 3.8) is 0 Å². The third-order valence-electron chi connectivity index (χ3n) is 2.86. The number of pyridine rings is 1. The van der Waals surface area contributed by atoms with E-state index < -0.39 is 16.7 Å². The molecule has 2 aromatic rings. The van der Waals surface area contributed by atoms with Gasteiger partial charge < -0.3 is 0 Å². The molecular weight excluding hydrogens is 310 g/mol. The summed E-state index contributed by atoms with van der Waals surface area (Å²) in [5.74, 6) is -1.39. The molecule has 0 saturated carbocycles. The van der Waals surface area contributed by atoms with Crippen LogP contribution in [0.1, 0.15) is 26.4 Å². The molecule has 2 amide bonds. The van der Waals surface area contributed by atoms with Gasteiger partial charge in [-0.25, -0.2) is 0 Å². The summed E-state index contributed by atoms with van der Waals surface area (Å²) in [6, 6.07) is 7.03. The maximum absolute atomic E-state index is 12.1. The quantitative estimate of drug-likeness (QED) is 0.532. The number of halogens is 1.